The van der Waals surface area contributed by atoms with E-state index in [1.807, 2.05) is 42.2 Å². The van der Waals surface area contributed by atoms with Gasteiger partial charge in [0.15, 0.2) is 5.82 Å². The third kappa shape index (κ3) is 6.82. The molecular formula is C42H44ClN9O5S. The maximum absolute atomic E-state index is 14.0. The molecule has 0 bridgehead atoms. The van der Waals surface area contributed by atoms with E-state index in [1.54, 1.807) is 23.5 Å². The van der Waals surface area contributed by atoms with Crippen LogP contribution in [0.2, 0.25) is 5.02 Å². The van der Waals surface area contributed by atoms with Crippen molar-refractivity contribution < 1.29 is 24.0 Å². The van der Waals surface area contributed by atoms with E-state index in [4.69, 9.17) is 16.6 Å². The zero-order valence-corrected chi connectivity index (χ0v) is 34.2. The average Bonchev–Trinajstić information content (AvgIpc) is 3.79. The van der Waals surface area contributed by atoms with E-state index in [-0.39, 0.29) is 30.7 Å². The van der Waals surface area contributed by atoms with Gasteiger partial charge in [-0.05, 0) is 81.8 Å². The number of nitrogens with zero attached hydrogens (tertiary/aromatic N) is 8. The number of aryl methyl sites for hydroxylation is 2. The van der Waals surface area contributed by atoms with Crippen LogP contribution < -0.4 is 10.2 Å². The number of anilines is 1. The second-order valence-electron chi connectivity index (χ2n) is 15.9. The lowest BCUT2D eigenvalue weighted by Crippen LogP contribution is -2.54. The molecule has 5 aliphatic heterocycles. The van der Waals surface area contributed by atoms with Gasteiger partial charge in [0.1, 0.15) is 22.9 Å². The van der Waals surface area contributed by atoms with Gasteiger partial charge >= 0.3 is 0 Å². The second kappa shape index (κ2) is 15.2. The minimum atomic E-state index is -0.981. The van der Waals surface area contributed by atoms with Gasteiger partial charge in [0.25, 0.3) is 11.8 Å². The highest BCUT2D eigenvalue weighted by Crippen LogP contribution is 2.40. The molecule has 14 nitrogen and oxygen atoms in total. The van der Waals surface area contributed by atoms with Crippen LogP contribution in [0.3, 0.4) is 0 Å². The highest BCUT2D eigenvalue weighted by molar-refractivity contribution is 7.15. The third-order valence-corrected chi connectivity index (χ3v) is 13.8. The molecule has 2 atom stereocenters. The van der Waals surface area contributed by atoms with E-state index >= 15 is 0 Å². The number of carbonyl (C=O) groups excluding carboxylic acids is 5. The minimum absolute atomic E-state index is 0.0530. The van der Waals surface area contributed by atoms with Crippen LogP contribution in [-0.2, 0) is 14.4 Å². The highest BCUT2D eigenvalue weighted by Gasteiger charge is 2.45. The van der Waals surface area contributed by atoms with E-state index in [2.05, 4.69) is 43.7 Å². The Labute approximate surface area is 344 Å². The molecule has 2 aromatic carbocycles. The quantitative estimate of drug-likeness (QED) is 0.263. The number of benzene rings is 2. The summed E-state index contributed by atoms with van der Waals surface area (Å²) in [5, 5.41) is 12.9. The van der Waals surface area contributed by atoms with Crippen LogP contribution in [0.15, 0.2) is 47.5 Å². The molecule has 0 radical (unpaired) electrons. The number of hydrogen-bond donors (Lipinski definition) is 1. The summed E-state index contributed by atoms with van der Waals surface area (Å²) >= 11 is 7.97. The number of nitrogens with one attached hydrogen (secondary N) is 1. The molecule has 58 heavy (non-hydrogen) atoms. The van der Waals surface area contributed by atoms with Gasteiger partial charge in [0.2, 0.25) is 17.7 Å². The number of rotatable bonds is 7. The van der Waals surface area contributed by atoms with Gasteiger partial charge in [-0.3, -0.25) is 48.6 Å². The van der Waals surface area contributed by atoms with Crippen molar-refractivity contribution in [1.82, 2.24) is 34.8 Å². The molecule has 0 spiro atoms. The normalized spacial score (nSPS) is 21.4. The number of piperazine rings is 1. The molecule has 3 saturated heterocycles. The molecule has 0 saturated carbocycles. The van der Waals surface area contributed by atoms with Crippen molar-refractivity contribution in [1.29, 1.82) is 0 Å². The van der Waals surface area contributed by atoms with Crippen LogP contribution in [0, 0.1) is 26.7 Å². The predicted molar refractivity (Wildman–Crippen MR) is 219 cm³/mol. The van der Waals surface area contributed by atoms with Gasteiger partial charge in [-0.15, -0.1) is 21.5 Å². The lowest BCUT2D eigenvalue weighted by molar-refractivity contribution is -0.136. The number of thiophene rings is 1. The smallest absolute Gasteiger partial charge is 0.262 e. The Kier molecular flexibility index (Phi) is 10.0. The van der Waals surface area contributed by atoms with Crippen molar-refractivity contribution in [3.63, 3.8) is 0 Å². The van der Waals surface area contributed by atoms with Crippen LogP contribution in [0.1, 0.15) is 92.1 Å². The molecule has 4 aromatic rings. The number of imide groups is 2. The molecule has 5 aliphatic rings. The van der Waals surface area contributed by atoms with Crippen LogP contribution in [0.5, 0.6) is 0 Å². The lowest BCUT2D eigenvalue weighted by Gasteiger charge is -2.39. The fourth-order valence-electron chi connectivity index (χ4n) is 9.00. The Morgan fingerprint density at radius 2 is 1.60 bits per heavy atom. The van der Waals surface area contributed by atoms with E-state index in [0.29, 0.717) is 35.4 Å². The second-order valence-corrected chi connectivity index (χ2v) is 17.5. The molecule has 1 N–H and O–H groups in total. The number of amides is 5. The first-order chi connectivity index (χ1) is 27.9. The van der Waals surface area contributed by atoms with Gasteiger partial charge in [-0.2, -0.15) is 0 Å². The Morgan fingerprint density at radius 1 is 0.879 bits per heavy atom. The third-order valence-electron chi connectivity index (χ3n) is 12.4. The fraction of sp³-hybridized carbons (Fsp3) is 0.429. The number of halogens is 1. The predicted octanol–water partition coefficient (Wildman–Crippen LogP) is 4.65. The summed E-state index contributed by atoms with van der Waals surface area (Å²) in [4.78, 5) is 78.8. The summed E-state index contributed by atoms with van der Waals surface area (Å²) in [5.74, 6) is -0.00744. The van der Waals surface area contributed by atoms with E-state index in [9.17, 15) is 24.0 Å². The zero-order valence-electron chi connectivity index (χ0n) is 32.7. The van der Waals surface area contributed by atoms with Crippen molar-refractivity contribution >= 4 is 63.9 Å². The summed E-state index contributed by atoms with van der Waals surface area (Å²) in [6.07, 6.45) is 2.36. The summed E-state index contributed by atoms with van der Waals surface area (Å²) in [6.45, 7) is 11.6. The molecule has 16 heteroatoms. The molecule has 2 aromatic heterocycles. The molecule has 7 heterocycles. The van der Waals surface area contributed by atoms with Crippen LogP contribution in [0.25, 0.3) is 5.00 Å². The number of piperidine rings is 2. The molecular weight excluding hydrogens is 778 g/mol. The van der Waals surface area contributed by atoms with Gasteiger partial charge in [-0.25, -0.2) is 0 Å². The molecule has 1 unspecified atom stereocenters. The Bertz CT molecular complexity index is 2390. The van der Waals surface area contributed by atoms with Gasteiger partial charge in [0.05, 0.1) is 23.3 Å². The number of hydrogen-bond acceptors (Lipinski definition) is 11. The number of aliphatic imine (C=N–C) groups is 1. The number of fused-ring (bicyclic) bond motifs is 4. The van der Waals surface area contributed by atoms with Crippen molar-refractivity contribution in [3.8, 4) is 5.00 Å². The fourth-order valence-corrected chi connectivity index (χ4v) is 10.3. The van der Waals surface area contributed by atoms with Gasteiger partial charge < -0.3 is 9.80 Å². The van der Waals surface area contributed by atoms with Crippen LogP contribution in [-0.4, -0.2) is 117 Å². The van der Waals surface area contributed by atoms with Crippen molar-refractivity contribution in [2.75, 3.05) is 50.7 Å². The maximum Gasteiger partial charge on any atom is 0.262 e. The molecule has 0 aliphatic carbocycles. The van der Waals surface area contributed by atoms with E-state index < -0.39 is 35.7 Å². The number of carbonyl (C=O) groups is 5. The summed E-state index contributed by atoms with van der Waals surface area (Å²) in [6, 6.07) is 11.5. The number of aromatic nitrogens is 3. The van der Waals surface area contributed by atoms with Crippen molar-refractivity contribution in [2.24, 2.45) is 10.9 Å². The van der Waals surface area contributed by atoms with Crippen LogP contribution >= 0.6 is 22.9 Å². The largest absolute Gasteiger partial charge is 0.371 e. The first-order valence-electron chi connectivity index (χ1n) is 19.9. The Balaban J connectivity index is 0.812. The molecule has 3 fully saturated rings. The maximum atomic E-state index is 14.0. The van der Waals surface area contributed by atoms with Crippen molar-refractivity contribution in [3.05, 3.63) is 91.8 Å². The van der Waals surface area contributed by atoms with Gasteiger partial charge in [-0.1, -0.05) is 23.7 Å². The lowest BCUT2D eigenvalue weighted by atomic mass is 9.95. The summed E-state index contributed by atoms with van der Waals surface area (Å²) in [7, 11) is 0. The average molecular weight is 822 g/mol. The standard InChI is InChI=1S/C42H44ClN9O5S/c1-23-24(2)58-42-36(23)37(27-4-6-28(43)7-5-27)44-32(38-47-46-25(3)51(38)42)21-35(54)50-18-16-48(17-19-50)22-26-12-14-49(15-13-26)29-8-9-30-31(20-29)41(57)52(40(30)56)33-10-11-34(53)45-39(33)55/h4-9,20,26,32-33H,10-19,21-22H2,1-3H3,(H,45,53,55)/t32-,33?/m0/s1. The van der Waals surface area contributed by atoms with Gasteiger partial charge in [0, 0.05) is 78.9 Å². The Morgan fingerprint density at radius 3 is 2.33 bits per heavy atom. The Hall–Kier alpha value is -5.25. The van der Waals surface area contributed by atoms with E-state index in [1.165, 1.54) is 4.88 Å². The topological polar surface area (TPSA) is 153 Å². The molecule has 5 amide bonds. The summed E-state index contributed by atoms with van der Waals surface area (Å²) < 4.78 is 2.08. The zero-order chi connectivity index (χ0) is 40.4. The first kappa shape index (κ1) is 38.3. The SMILES string of the molecule is Cc1sc2c(c1C)C(c1ccc(Cl)cc1)=N[C@@H](CC(=O)N1CCN(CC3CCN(c4ccc5c(c4)C(=O)N(C4CCC(=O)NC4=O)C5=O)CC3)CC1)c1nnc(C)n1-2. The van der Waals surface area contributed by atoms with Crippen LogP contribution in [0.4, 0.5) is 5.69 Å². The highest BCUT2D eigenvalue weighted by atomic mass is 35.5. The monoisotopic (exact) mass is 821 g/mol. The van der Waals surface area contributed by atoms with E-state index in [0.717, 1.165) is 89.4 Å². The molecule has 300 valence electrons. The summed E-state index contributed by atoms with van der Waals surface area (Å²) in [5.41, 5.74) is 5.44. The van der Waals surface area contributed by atoms with Crippen molar-refractivity contribution in [2.45, 2.75) is 65.0 Å². The minimum Gasteiger partial charge on any atom is -0.371 e. The first-order valence-corrected chi connectivity index (χ1v) is 21.1. The molecule has 9 rings (SSSR count).